The Balaban J connectivity index is 3.72. The van der Waals surface area contributed by atoms with Crippen LogP contribution < -0.4 is 5.32 Å². The smallest absolute Gasteiger partial charge is 0.222 e. The third-order valence-electron chi connectivity index (χ3n) is 11.5. The van der Waals surface area contributed by atoms with E-state index in [0.29, 0.717) is 6.42 Å². The highest BCUT2D eigenvalue weighted by atomic mass is 16.3. The van der Waals surface area contributed by atoms with Gasteiger partial charge >= 0.3 is 0 Å². The minimum Gasteiger partial charge on any atom is -0.394 e. The second kappa shape index (κ2) is 48.7. The zero-order valence-corrected chi connectivity index (χ0v) is 39.1. The molecule has 0 saturated carbocycles. The van der Waals surface area contributed by atoms with Gasteiger partial charge in [-0.25, -0.2) is 0 Å². The van der Waals surface area contributed by atoms with E-state index in [-0.39, 0.29) is 18.9 Å². The molecular weight excluding hydrogens is 727 g/mol. The Bertz CT molecular complexity index is 1000. The number of carbonyl (C=O) groups excluding carboxylic acids is 1. The summed E-state index contributed by atoms with van der Waals surface area (Å²) in [6, 6.07) is -0.775. The lowest BCUT2D eigenvalue weighted by atomic mass is 10.0. The molecule has 0 bridgehead atoms. The summed E-state index contributed by atoms with van der Waals surface area (Å²) < 4.78 is 0. The SMILES string of the molecule is CCCCCCCCCCC/C=C\C/C=C\CCCCCCCC(O)CC(=O)NC(CO)C(O)/C=C/CC/C=C/CC/C=C/CCCCCCCCCCCCCCC. The standard InChI is InChI=1S/C54H99NO4/c1-3-5-7-9-11-13-15-17-19-21-23-25-26-28-30-32-34-36-38-40-42-44-46-48-53(58)52(50-56)55-54(59)49-51(57)47-45-43-41-39-37-35-33-31-29-27-24-22-20-18-16-14-12-10-8-6-4-2/h24,27,30-33,38,40,46,48,51-53,56-58H,3-23,25-26,28-29,34-37,39,41-45,47,49-50H2,1-2H3,(H,55,59)/b27-24-,32-30+,33-31-,40-38+,48-46+. The number of amides is 1. The zero-order valence-electron chi connectivity index (χ0n) is 39.1. The van der Waals surface area contributed by atoms with E-state index in [1.165, 1.54) is 167 Å². The lowest BCUT2D eigenvalue weighted by Crippen LogP contribution is -2.45. The summed E-state index contributed by atoms with van der Waals surface area (Å²) in [5.74, 6) is -0.338. The Morgan fingerprint density at radius 1 is 0.441 bits per heavy atom. The van der Waals surface area contributed by atoms with Crippen LogP contribution in [-0.2, 0) is 4.79 Å². The molecule has 0 aromatic rings. The minimum atomic E-state index is -0.967. The lowest BCUT2D eigenvalue weighted by Gasteiger charge is -2.20. The average Bonchev–Trinajstić information content (AvgIpc) is 3.23. The summed E-state index contributed by atoms with van der Waals surface area (Å²) in [4.78, 5) is 12.5. The van der Waals surface area contributed by atoms with Crippen LogP contribution in [0.4, 0.5) is 0 Å². The Hall–Kier alpha value is -1.95. The van der Waals surface area contributed by atoms with E-state index >= 15 is 0 Å². The quantitative estimate of drug-likeness (QED) is 0.0363. The maximum absolute atomic E-state index is 12.5. The van der Waals surface area contributed by atoms with Crippen LogP contribution in [0.3, 0.4) is 0 Å². The first kappa shape index (κ1) is 57.1. The fourth-order valence-corrected chi connectivity index (χ4v) is 7.58. The molecule has 0 fully saturated rings. The van der Waals surface area contributed by atoms with Crippen LogP contribution in [0.5, 0.6) is 0 Å². The Morgan fingerprint density at radius 3 is 1.19 bits per heavy atom. The topological polar surface area (TPSA) is 89.8 Å². The van der Waals surface area contributed by atoms with Gasteiger partial charge in [0, 0.05) is 0 Å². The molecule has 0 rings (SSSR count). The van der Waals surface area contributed by atoms with E-state index in [9.17, 15) is 20.1 Å². The number of aliphatic hydroxyl groups is 3. The van der Waals surface area contributed by atoms with Crippen molar-refractivity contribution in [2.24, 2.45) is 0 Å². The molecule has 0 radical (unpaired) electrons. The van der Waals surface area contributed by atoms with Crippen molar-refractivity contribution in [1.29, 1.82) is 0 Å². The van der Waals surface area contributed by atoms with Crippen molar-refractivity contribution in [3.8, 4) is 0 Å². The van der Waals surface area contributed by atoms with Crippen LogP contribution in [-0.4, -0.2) is 46.1 Å². The van der Waals surface area contributed by atoms with Crippen molar-refractivity contribution >= 4 is 5.91 Å². The van der Waals surface area contributed by atoms with Crippen LogP contribution in [0.25, 0.3) is 0 Å². The first-order valence-electron chi connectivity index (χ1n) is 25.6. The third kappa shape index (κ3) is 45.4. The summed E-state index contributed by atoms with van der Waals surface area (Å²) in [6.07, 6.45) is 65.3. The molecule has 59 heavy (non-hydrogen) atoms. The first-order valence-corrected chi connectivity index (χ1v) is 25.6. The highest BCUT2D eigenvalue weighted by molar-refractivity contribution is 5.76. The van der Waals surface area contributed by atoms with E-state index in [1.54, 1.807) is 6.08 Å². The van der Waals surface area contributed by atoms with Gasteiger partial charge < -0.3 is 20.6 Å². The fourth-order valence-electron chi connectivity index (χ4n) is 7.58. The molecule has 0 aromatic heterocycles. The molecular formula is C54H99NO4. The highest BCUT2D eigenvalue weighted by Crippen LogP contribution is 2.15. The molecule has 5 heteroatoms. The molecule has 0 saturated heterocycles. The fraction of sp³-hybridized carbons (Fsp3) is 0.796. The molecule has 0 heterocycles. The van der Waals surface area contributed by atoms with Gasteiger partial charge in [0.1, 0.15) is 0 Å². The van der Waals surface area contributed by atoms with Crippen molar-refractivity contribution in [3.05, 3.63) is 60.8 Å². The van der Waals surface area contributed by atoms with Crippen LogP contribution in [0.1, 0.15) is 251 Å². The second-order valence-corrected chi connectivity index (χ2v) is 17.4. The average molecular weight is 826 g/mol. The van der Waals surface area contributed by atoms with Crippen molar-refractivity contribution in [2.75, 3.05) is 6.61 Å². The van der Waals surface area contributed by atoms with Gasteiger partial charge in [-0.15, -0.1) is 0 Å². The number of allylic oxidation sites excluding steroid dienone is 9. The molecule has 0 aliphatic carbocycles. The van der Waals surface area contributed by atoms with E-state index in [4.69, 9.17) is 0 Å². The second-order valence-electron chi connectivity index (χ2n) is 17.4. The van der Waals surface area contributed by atoms with E-state index < -0.39 is 18.2 Å². The van der Waals surface area contributed by atoms with Crippen molar-refractivity contribution in [2.45, 2.75) is 270 Å². The Labute approximate surface area is 367 Å². The number of nitrogens with one attached hydrogen (secondary N) is 1. The van der Waals surface area contributed by atoms with Crippen molar-refractivity contribution in [3.63, 3.8) is 0 Å². The number of hydrogen-bond acceptors (Lipinski definition) is 4. The normalized spacial score (nSPS) is 13.9. The zero-order chi connectivity index (χ0) is 43.0. The maximum atomic E-state index is 12.5. The largest absolute Gasteiger partial charge is 0.394 e. The van der Waals surface area contributed by atoms with Crippen LogP contribution in [0.2, 0.25) is 0 Å². The molecule has 0 aliphatic rings. The number of unbranched alkanes of at least 4 members (excludes halogenated alkanes) is 29. The summed E-state index contributed by atoms with van der Waals surface area (Å²) in [6.45, 7) is 4.21. The predicted molar refractivity (Wildman–Crippen MR) is 259 cm³/mol. The molecule has 1 amide bonds. The van der Waals surface area contributed by atoms with Gasteiger partial charge in [0.2, 0.25) is 5.91 Å². The van der Waals surface area contributed by atoms with Gasteiger partial charge in [-0.3, -0.25) is 4.79 Å². The summed E-state index contributed by atoms with van der Waals surface area (Å²) in [5.41, 5.74) is 0. The van der Waals surface area contributed by atoms with E-state index in [0.717, 1.165) is 57.8 Å². The molecule has 3 atom stereocenters. The monoisotopic (exact) mass is 826 g/mol. The highest BCUT2D eigenvalue weighted by Gasteiger charge is 2.20. The number of hydrogen-bond donors (Lipinski definition) is 4. The lowest BCUT2D eigenvalue weighted by molar-refractivity contribution is -0.124. The molecule has 0 aliphatic heterocycles. The molecule has 344 valence electrons. The summed E-state index contributed by atoms with van der Waals surface area (Å²) in [5, 5.41) is 33.3. The van der Waals surface area contributed by atoms with Crippen LogP contribution in [0, 0.1) is 0 Å². The summed E-state index contributed by atoms with van der Waals surface area (Å²) >= 11 is 0. The molecule has 5 nitrogen and oxygen atoms in total. The molecule has 0 spiro atoms. The molecule has 4 N–H and O–H groups in total. The predicted octanol–water partition coefficient (Wildman–Crippen LogP) is 15.4. The van der Waals surface area contributed by atoms with Gasteiger partial charge in [-0.1, -0.05) is 229 Å². The first-order chi connectivity index (χ1) is 29.0. The Kier molecular flexibility index (Phi) is 47.1. The van der Waals surface area contributed by atoms with Gasteiger partial charge in [0.05, 0.1) is 31.3 Å². The van der Waals surface area contributed by atoms with E-state index in [2.05, 4.69) is 67.8 Å². The van der Waals surface area contributed by atoms with Gasteiger partial charge in [-0.05, 0) is 77.0 Å². The van der Waals surface area contributed by atoms with Gasteiger partial charge in [-0.2, -0.15) is 0 Å². The minimum absolute atomic E-state index is 0.00913. The number of aliphatic hydroxyl groups excluding tert-OH is 3. The van der Waals surface area contributed by atoms with E-state index in [1.807, 2.05) is 6.08 Å². The van der Waals surface area contributed by atoms with Crippen molar-refractivity contribution in [1.82, 2.24) is 5.32 Å². The van der Waals surface area contributed by atoms with Gasteiger partial charge in [0.25, 0.3) is 0 Å². The molecule has 0 aromatic carbocycles. The summed E-state index contributed by atoms with van der Waals surface area (Å²) in [7, 11) is 0. The maximum Gasteiger partial charge on any atom is 0.222 e. The number of carbonyl (C=O) groups is 1. The number of rotatable bonds is 46. The van der Waals surface area contributed by atoms with Crippen LogP contribution in [0.15, 0.2) is 60.8 Å². The third-order valence-corrected chi connectivity index (χ3v) is 11.5. The van der Waals surface area contributed by atoms with Crippen LogP contribution >= 0.6 is 0 Å². The molecule has 3 unspecified atom stereocenters. The Morgan fingerprint density at radius 2 is 0.780 bits per heavy atom. The van der Waals surface area contributed by atoms with Crippen molar-refractivity contribution < 1.29 is 20.1 Å². The van der Waals surface area contributed by atoms with Gasteiger partial charge in [0.15, 0.2) is 0 Å².